The van der Waals surface area contributed by atoms with E-state index in [1.807, 2.05) is 67.1 Å². The molecule has 0 saturated carbocycles. The third kappa shape index (κ3) is 6.34. The van der Waals surface area contributed by atoms with Gasteiger partial charge in [-0.1, -0.05) is 43.0 Å². The summed E-state index contributed by atoms with van der Waals surface area (Å²) in [6.45, 7) is 7.67. The van der Waals surface area contributed by atoms with Gasteiger partial charge in [0.2, 0.25) is 0 Å². The quantitative estimate of drug-likeness (QED) is 0.290. The molecule has 1 aromatic heterocycles. The lowest BCUT2D eigenvalue weighted by atomic mass is 10.2. The summed E-state index contributed by atoms with van der Waals surface area (Å²) >= 11 is 0. The van der Waals surface area contributed by atoms with Crippen LogP contribution in [0.25, 0.3) is 0 Å². The molecule has 0 radical (unpaired) electrons. The van der Waals surface area contributed by atoms with E-state index in [1.165, 1.54) is 0 Å². The number of hydrogen-bond acceptors (Lipinski definition) is 5. The molecular formula is C24H30N6O2. The monoisotopic (exact) mass is 434 g/mol. The molecule has 8 heteroatoms. The van der Waals surface area contributed by atoms with Crippen LogP contribution in [-0.4, -0.2) is 34.4 Å². The number of ether oxygens (including phenoxy) is 2. The van der Waals surface area contributed by atoms with Crippen molar-refractivity contribution in [3.8, 4) is 11.5 Å². The van der Waals surface area contributed by atoms with Crippen LogP contribution in [0.1, 0.15) is 22.8 Å². The third-order valence-corrected chi connectivity index (χ3v) is 4.95. The second kappa shape index (κ2) is 11.5. The number of benzene rings is 2. The Labute approximate surface area is 189 Å². The molecule has 0 saturated heterocycles. The van der Waals surface area contributed by atoms with Gasteiger partial charge in [0, 0.05) is 19.2 Å². The van der Waals surface area contributed by atoms with Crippen LogP contribution >= 0.6 is 0 Å². The van der Waals surface area contributed by atoms with Gasteiger partial charge in [0.1, 0.15) is 23.9 Å². The Kier molecular flexibility index (Phi) is 8.25. The van der Waals surface area contributed by atoms with E-state index < -0.39 is 0 Å². The zero-order valence-electron chi connectivity index (χ0n) is 18.8. The highest BCUT2D eigenvalue weighted by molar-refractivity contribution is 5.79. The molecule has 0 aliphatic heterocycles. The molecular weight excluding hydrogens is 404 g/mol. The fraction of sp³-hybridized carbons (Fsp3) is 0.292. The van der Waals surface area contributed by atoms with Crippen LogP contribution < -0.4 is 20.1 Å². The smallest absolute Gasteiger partial charge is 0.192 e. The van der Waals surface area contributed by atoms with Crippen molar-refractivity contribution in [2.24, 2.45) is 12.0 Å². The number of aryl methyl sites for hydroxylation is 1. The van der Waals surface area contributed by atoms with Gasteiger partial charge in [-0.3, -0.25) is 0 Å². The zero-order chi connectivity index (χ0) is 22.8. The van der Waals surface area contributed by atoms with Crippen molar-refractivity contribution in [1.82, 2.24) is 25.4 Å². The number of rotatable bonds is 10. The molecule has 2 aromatic carbocycles. The van der Waals surface area contributed by atoms with Gasteiger partial charge in [-0.05, 0) is 30.7 Å². The highest BCUT2D eigenvalue weighted by atomic mass is 16.5. The zero-order valence-corrected chi connectivity index (χ0v) is 18.8. The van der Waals surface area contributed by atoms with Crippen LogP contribution in [-0.2, 0) is 26.7 Å². The van der Waals surface area contributed by atoms with E-state index >= 15 is 0 Å². The molecule has 0 fully saturated rings. The summed E-state index contributed by atoms with van der Waals surface area (Å²) in [4.78, 5) is 4.75. The molecule has 8 nitrogen and oxygen atoms in total. The molecule has 0 amide bonds. The Balaban J connectivity index is 1.71. The minimum Gasteiger partial charge on any atom is -0.497 e. The van der Waals surface area contributed by atoms with E-state index in [-0.39, 0.29) is 0 Å². The van der Waals surface area contributed by atoms with E-state index in [0.29, 0.717) is 32.2 Å². The fourth-order valence-corrected chi connectivity index (χ4v) is 2.96. The maximum atomic E-state index is 5.77. The molecule has 0 unspecified atom stereocenters. The normalized spacial score (nSPS) is 11.2. The number of hydrogen-bond donors (Lipinski definition) is 2. The summed E-state index contributed by atoms with van der Waals surface area (Å²) in [6, 6.07) is 15.8. The fourth-order valence-electron chi connectivity index (χ4n) is 2.96. The Morgan fingerprint density at radius 2 is 1.84 bits per heavy atom. The van der Waals surface area contributed by atoms with Crippen molar-refractivity contribution in [1.29, 1.82) is 0 Å². The number of para-hydroxylation sites is 1. The highest BCUT2D eigenvalue weighted by Gasteiger charge is 2.08. The maximum absolute atomic E-state index is 5.77. The average molecular weight is 435 g/mol. The van der Waals surface area contributed by atoms with Gasteiger partial charge in [0.05, 0.1) is 20.2 Å². The molecule has 168 valence electrons. The van der Waals surface area contributed by atoms with Crippen molar-refractivity contribution in [3.05, 3.63) is 84.0 Å². The second-order valence-electron chi connectivity index (χ2n) is 7.15. The lowest BCUT2D eigenvalue weighted by Gasteiger charge is -2.15. The second-order valence-corrected chi connectivity index (χ2v) is 7.15. The van der Waals surface area contributed by atoms with Crippen molar-refractivity contribution >= 4 is 5.96 Å². The summed E-state index contributed by atoms with van der Waals surface area (Å²) in [7, 11) is 3.60. The van der Waals surface area contributed by atoms with Gasteiger partial charge in [-0.2, -0.15) is 0 Å². The summed E-state index contributed by atoms with van der Waals surface area (Å²) in [5, 5.41) is 15.1. The largest absolute Gasteiger partial charge is 0.497 e. The van der Waals surface area contributed by atoms with Gasteiger partial charge in [0.15, 0.2) is 11.8 Å². The van der Waals surface area contributed by atoms with E-state index in [0.717, 1.165) is 34.3 Å². The molecule has 2 N–H and O–H groups in total. The molecule has 0 bridgehead atoms. The maximum Gasteiger partial charge on any atom is 0.192 e. The molecule has 3 aromatic rings. The summed E-state index contributed by atoms with van der Waals surface area (Å²) < 4.78 is 12.9. The number of aliphatic imine (C=N–C) groups is 1. The topological polar surface area (TPSA) is 85.6 Å². The molecule has 32 heavy (non-hydrogen) atoms. The molecule has 1 heterocycles. The lowest BCUT2D eigenvalue weighted by molar-refractivity contribution is 0.358. The predicted molar refractivity (Wildman–Crippen MR) is 126 cm³/mol. The first-order valence-electron chi connectivity index (χ1n) is 10.4. The van der Waals surface area contributed by atoms with Crippen molar-refractivity contribution < 1.29 is 9.47 Å². The number of nitrogens with zero attached hydrogens (tertiary/aromatic N) is 4. The summed E-state index contributed by atoms with van der Waals surface area (Å²) in [5.74, 6) is 4.00. The van der Waals surface area contributed by atoms with E-state index in [9.17, 15) is 0 Å². The first-order valence-corrected chi connectivity index (χ1v) is 10.4. The Bertz CT molecular complexity index is 1040. The first-order chi connectivity index (χ1) is 15.6. The highest BCUT2D eigenvalue weighted by Crippen LogP contribution is 2.17. The summed E-state index contributed by atoms with van der Waals surface area (Å²) in [5.41, 5.74) is 2.11. The van der Waals surface area contributed by atoms with Crippen molar-refractivity contribution in [2.45, 2.75) is 26.6 Å². The number of nitrogens with one attached hydrogen (secondary N) is 2. The van der Waals surface area contributed by atoms with Crippen LogP contribution in [0.15, 0.2) is 66.2 Å². The van der Waals surface area contributed by atoms with E-state index in [1.54, 1.807) is 13.2 Å². The predicted octanol–water partition coefficient (Wildman–Crippen LogP) is 3.13. The van der Waals surface area contributed by atoms with Gasteiger partial charge < -0.3 is 24.7 Å². The molecule has 3 rings (SSSR count). The molecule has 0 atom stereocenters. The molecule has 0 aliphatic carbocycles. The SMILES string of the molecule is C=CCOc1ccccc1CNC(=NCc1ccc(OC)cc1)NCc1nnc(C)n1C. The molecule has 0 aliphatic rings. The van der Waals surface area contributed by atoms with E-state index in [2.05, 4.69) is 27.4 Å². The van der Waals surface area contributed by atoms with Crippen LogP contribution in [0.5, 0.6) is 11.5 Å². The minimum absolute atomic E-state index is 0.458. The van der Waals surface area contributed by atoms with Crippen LogP contribution in [0.4, 0.5) is 0 Å². The Morgan fingerprint density at radius 1 is 1.09 bits per heavy atom. The van der Waals surface area contributed by atoms with Crippen LogP contribution in [0, 0.1) is 6.92 Å². The number of guanidine groups is 1. The number of methoxy groups -OCH3 is 1. The Hall–Kier alpha value is -3.81. The minimum atomic E-state index is 0.458. The number of aromatic nitrogens is 3. The third-order valence-electron chi connectivity index (χ3n) is 4.95. The summed E-state index contributed by atoms with van der Waals surface area (Å²) in [6.07, 6.45) is 1.73. The van der Waals surface area contributed by atoms with Crippen LogP contribution in [0.2, 0.25) is 0 Å². The first kappa shape index (κ1) is 22.9. The van der Waals surface area contributed by atoms with Gasteiger partial charge in [-0.25, -0.2) is 4.99 Å². The lowest BCUT2D eigenvalue weighted by Crippen LogP contribution is -2.37. The van der Waals surface area contributed by atoms with Crippen LogP contribution in [0.3, 0.4) is 0 Å². The standard InChI is InChI=1S/C24H30N6O2/c1-5-14-32-22-9-7-6-8-20(22)16-26-24(27-17-23-29-28-18(2)30(23)3)25-15-19-10-12-21(31-4)13-11-19/h5-13H,1,14-17H2,2-4H3,(H2,25,26,27). The average Bonchev–Trinajstić information content (AvgIpc) is 3.15. The van der Waals surface area contributed by atoms with Crippen molar-refractivity contribution in [2.75, 3.05) is 13.7 Å². The van der Waals surface area contributed by atoms with Gasteiger partial charge in [0.25, 0.3) is 0 Å². The molecule has 0 spiro atoms. The van der Waals surface area contributed by atoms with Gasteiger partial charge >= 0.3 is 0 Å². The van der Waals surface area contributed by atoms with Crippen molar-refractivity contribution in [3.63, 3.8) is 0 Å². The Morgan fingerprint density at radius 3 is 2.53 bits per heavy atom. The van der Waals surface area contributed by atoms with E-state index in [4.69, 9.17) is 14.5 Å². The van der Waals surface area contributed by atoms with Gasteiger partial charge in [-0.15, -0.1) is 10.2 Å².